The molecular weight excluding hydrogens is 226 g/mol. The van der Waals surface area contributed by atoms with Gasteiger partial charge in [0, 0.05) is 12.5 Å². The highest BCUT2D eigenvalue weighted by atomic mass is 19.1. The van der Waals surface area contributed by atoms with Gasteiger partial charge in [0.1, 0.15) is 11.6 Å². The van der Waals surface area contributed by atoms with Crippen molar-refractivity contribution in [3.63, 3.8) is 0 Å². The highest BCUT2D eigenvalue weighted by Gasteiger charge is 2.04. The first-order chi connectivity index (χ1) is 8.11. The van der Waals surface area contributed by atoms with Gasteiger partial charge in [0.15, 0.2) is 0 Å². The first-order valence-electron chi connectivity index (χ1n) is 5.66. The van der Waals surface area contributed by atoms with Gasteiger partial charge in [-0.2, -0.15) is 0 Å². The summed E-state index contributed by atoms with van der Waals surface area (Å²) < 4.78 is 30.8. The average molecular weight is 243 g/mol. The Labute approximate surface area is 100 Å². The molecule has 1 atom stereocenters. The van der Waals surface area contributed by atoms with Crippen LogP contribution < -0.4 is 0 Å². The fourth-order valence-corrected chi connectivity index (χ4v) is 1.46. The van der Waals surface area contributed by atoms with E-state index >= 15 is 0 Å². The van der Waals surface area contributed by atoms with E-state index in [1.165, 1.54) is 12.1 Å². The van der Waals surface area contributed by atoms with Gasteiger partial charge in [0.05, 0.1) is 19.3 Å². The Hall–Kier alpha value is -1.00. The highest BCUT2D eigenvalue weighted by molar-refractivity contribution is 5.16. The van der Waals surface area contributed by atoms with E-state index in [1.54, 1.807) is 6.42 Å². The van der Waals surface area contributed by atoms with Crippen LogP contribution in [0.15, 0.2) is 18.2 Å². The molecule has 0 amide bonds. The molecule has 0 heterocycles. The number of aliphatic hydroxyl groups excluding tert-OH is 1. The van der Waals surface area contributed by atoms with E-state index in [4.69, 9.17) is 4.74 Å². The minimum atomic E-state index is -0.612. The number of hydrogen-bond acceptors (Lipinski definition) is 2. The van der Waals surface area contributed by atoms with Gasteiger partial charge >= 0.3 is 0 Å². The van der Waals surface area contributed by atoms with Gasteiger partial charge in [-0.3, -0.25) is 0 Å². The predicted molar refractivity (Wildman–Crippen MR) is 61.2 cm³/mol. The second-order valence-electron chi connectivity index (χ2n) is 3.88. The SMILES string of the molecule is CCCC(O)[CH]COCc1cc(F)cc(F)c1. The molecule has 0 bridgehead atoms. The zero-order valence-electron chi connectivity index (χ0n) is 9.83. The maximum Gasteiger partial charge on any atom is 0.126 e. The smallest absolute Gasteiger partial charge is 0.126 e. The summed E-state index contributed by atoms with van der Waals surface area (Å²) in [6, 6.07) is 3.28. The van der Waals surface area contributed by atoms with E-state index in [2.05, 4.69) is 0 Å². The van der Waals surface area contributed by atoms with Gasteiger partial charge < -0.3 is 9.84 Å². The zero-order chi connectivity index (χ0) is 12.7. The molecule has 1 aromatic rings. The third kappa shape index (κ3) is 5.75. The van der Waals surface area contributed by atoms with Gasteiger partial charge in [-0.05, 0) is 24.1 Å². The summed E-state index contributed by atoms with van der Waals surface area (Å²) in [4.78, 5) is 0. The van der Waals surface area contributed by atoms with Crippen molar-refractivity contribution in [1.82, 2.24) is 0 Å². The van der Waals surface area contributed by atoms with E-state index in [9.17, 15) is 13.9 Å². The Balaban J connectivity index is 2.26. The van der Waals surface area contributed by atoms with Crippen LogP contribution in [-0.2, 0) is 11.3 Å². The maximum absolute atomic E-state index is 12.8. The van der Waals surface area contributed by atoms with Crippen molar-refractivity contribution in [1.29, 1.82) is 0 Å². The van der Waals surface area contributed by atoms with Gasteiger partial charge in [-0.15, -0.1) is 0 Å². The minimum absolute atomic E-state index is 0.129. The number of aliphatic hydroxyl groups is 1. The molecule has 0 aromatic heterocycles. The monoisotopic (exact) mass is 243 g/mol. The Morgan fingerprint density at radius 3 is 2.53 bits per heavy atom. The van der Waals surface area contributed by atoms with Crippen molar-refractivity contribution in [2.24, 2.45) is 0 Å². The molecule has 0 aliphatic heterocycles. The summed E-state index contributed by atoms with van der Waals surface area (Å²) in [5, 5.41) is 9.38. The predicted octanol–water partition coefficient (Wildman–Crippen LogP) is 2.85. The van der Waals surface area contributed by atoms with Crippen LogP contribution in [0.4, 0.5) is 8.78 Å². The third-order valence-corrected chi connectivity index (χ3v) is 2.26. The van der Waals surface area contributed by atoms with Crippen LogP contribution in [0.3, 0.4) is 0 Å². The topological polar surface area (TPSA) is 29.5 Å². The number of ether oxygens (including phenoxy) is 1. The lowest BCUT2D eigenvalue weighted by Crippen LogP contribution is -2.11. The average Bonchev–Trinajstić information content (AvgIpc) is 2.23. The molecule has 0 saturated carbocycles. The Bertz CT molecular complexity index is 322. The van der Waals surface area contributed by atoms with Crippen LogP contribution in [0.2, 0.25) is 0 Å². The van der Waals surface area contributed by atoms with Crippen molar-refractivity contribution in [3.05, 3.63) is 41.8 Å². The molecule has 0 saturated heterocycles. The molecular formula is C13H17F2O2. The molecule has 1 unspecified atom stereocenters. The molecule has 0 aliphatic rings. The first-order valence-corrected chi connectivity index (χ1v) is 5.66. The van der Waals surface area contributed by atoms with Crippen molar-refractivity contribution in [2.75, 3.05) is 6.61 Å². The van der Waals surface area contributed by atoms with Gasteiger partial charge in [0.2, 0.25) is 0 Å². The second kappa shape index (κ2) is 7.35. The van der Waals surface area contributed by atoms with E-state index in [0.29, 0.717) is 12.0 Å². The van der Waals surface area contributed by atoms with Crippen molar-refractivity contribution >= 4 is 0 Å². The van der Waals surface area contributed by atoms with Crippen LogP contribution >= 0.6 is 0 Å². The molecule has 1 aromatic carbocycles. The van der Waals surface area contributed by atoms with Gasteiger partial charge in [-0.1, -0.05) is 13.3 Å². The molecule has 0 spiro atoms. The van der Waals surface area contributed by atoms with Crippen molar-refractivity contribution in [3.8, 4) is 0 Å². The lowest BCUT2D eigenvalue weighted by Gasteiger charge is -2.09. The molecule has 0 aliphatic carbocycles. The van der Waals surface area contributed by atoms with Crippen LogP contribution in [0.25, 0.3) is 0 Å². The maximum atomic E-state index is 12.8. The Morgan fingerprint density at radius 1 is 1.29 bits per heavy atom. The van der Waals surface area contributed by atoms with Gasteiger partial charge in [0.25, 0.3) is 0 Å². The lowest BCUT2D eigenvalue weighted by molar-refractivity contribution is 0.109. The Morgan fingerprint density at radius 2 is 1.94 bits per heavy atom. The molecule has 17 heavy (non-hydrogen) atoms. The highest BCUT2D eigenvalue weighted by Crippen LogP contribution is 2.09. The second-order valence-corrected chi connectivity index (χ2v) is 3.88. The largest absolute Gasteiger partial charge is 0.393 e. The lowest BCUT2D eigenvalue weighted by atomic mass is 10.1. The molecule has 1 rings (SSSR count). The quantitative estimate of drug-likeness (QED) is 0.746. The molecule has 2 nitrogen and oxygen atoms in total. The molecule has 0 fully saturated rings. The third-order valence-electron chi connectivity index (χ3n) is 2.26. The van der Waals surface area contributed by atoms with Crippen LogP contribution in [0, 0.1) is 18.1 Å². The molecule has 1 N–H and O–H groups in total. The summed E-state index contributed by atoms with van der Waals surface area (Å²) in [7, 11) is 0. The van der Waals surface area contributed by atoms with Crippen LogP contribution in [-0.4, -0.2) is 17.8 Å². The molecule has 95 valence electrons. The summed E-state index contributed by atoms with van der Waals surface area (Å²) in [5.41, 5.74) is 0.445. The summed E-state index contributed by atoms with van der Waals surface area (Å²) in [6.07, 6.45) is 2.74. The van der Waals surface area contributed by atoms with E-state index in [-0.39, 0.29) is 13.2 Å². The Kier molecular flexibility index (Phi) is 6.08. The minimum Gasteiger partial charge on any atom is -0.393 e. The normalized spacial score (nSPS) is 12.7. The van der Waals surface area contributed by atoms with E-state index < -0.39 is 17.7 Å². The summed E-state index contributed by atoms with van der Waals surface area (Å²) >= 11 is 0. The first kappa shape index (κ1) is 14.1. The molecule has 1 radical (unpaired) electrons. The zero-order valence-corrected chi connectivity index (χ0v) is 9.83. The van der Waals surface area contributed by atoms with Crippen LogP contribution in [0.5, 0.6) is 0 Å². The summed E-state index contributed by atoms with van der Waals surface area (Å²) in [6.45, 7) is 2.37. The van der Waals surface area contributed by atoms with E-state index in [0.717, 1.165) is 12.5 Å². The number of rotatable bonds is 7. The molecule has 4 heteroatoms. The standard InChI is InChI=1S/C13H17F2O2/c1-2-3-13(16)4-5-17-9-10-6-11(14)8-12(15)7-10/h4,6-8,13,16H,2-3,5,9H2,1H3. The number of halogens is 2. The fraction of sp³-hybridized carbons (Fsp3) is 0.462. The van der Waals surface area contributed by atoms with Crippen molar-refractivity contribution < 1.29 is 18.6 Å². The van der Waals surface area contributed by atoms with E-state index in [1.807, 2.05) is 6.92 Å². The van der Waals surface area contributed by atoms with Gasteiger partial charge in [-0.25, -0.2) is 8.78 Å². The van der Waals surface area contributed by atoms with Crippen LogP contribution in [0.1, 0.15) is 25.3 Å². The number of benzene rings is 1. The number of hydrogen-bond donors (Lipinski definition) is 1. The fourth-order valence-electron chi connectivity index (χ4n) is 1.46. The van der Waals surface area contributed by atoms with Crippen molar-refractivity contribution in [2.45, 2.75) is 32.5 Å². The summed E-state index contributed by atoms with van der Waals surface area (Å²) in [5.74, 6) is -1.22.